The van der Waals surface area contributed by atoms with Crippen LogP contribution >= 0.6 is 0 Å². The van der Waals surface area contributed by atoms with Crippen LogP contribution in [-0.4, -0.2) is 86.1 Å². The van der Waals surface area contributed by atoms with Gasteiger partial charge in [-0.3, -0.25) is 9.59 Å². The number of aliphatic hydroxyl groups is 5. The number of allylic oxidation sites excluding steroid dienone is 1. The first-order valence-corrected chi connectivity index (χ1v) is 9.26. The van der Waals surface area contributed by atoms with Crippen molar-refractivity contribution in [2.75, 3.05) is 6.61 Å². The first kappa shape index (κ1) is 23.1. The van der Waals surface area contributed by atoms with Crippen molar-refractivity contribution in [2.24, 2.45) is 5.41 Å². The summed E-state index contributed by atoms with van der Waals surface area (Å²) in [5.41, 5.74) is -1.74. The van der Waals surface area contributed by atoms with Gasteiger partial charge in [-0.25, -0.2) is 0 Å². The summed E-state index contributed by atoms with van der Waals surface area (Å²) in [4.78, 5) is 23.2. The first-order chi connectivity index (χ1) is 12.8. The van der Waals surface area contributed by atoms with Crippen LogP contribution in [0.15, 0.2) is 11.6 Å². The number of ether oxygens (including phenoxy) is 2. The van der Waals surface area contributed by atoms with Gasteiger partial charge in [0.05, 0.1) is 18.3 Å². The molecule has 9 nitrogen and oxygen atoms in total. The minimum atomic E-state index is -1.56. The molecule has 2 fully saturated rings. The summed E-state index contributed by atoms with van der Waals surface area (Å²) >= 11 is 0. The zero-order valence-electron chi connectivity index (χ0n) is 16.5. The van der Waals surface area contributed by atoms with Crippen molar-refractivity contribution in [3.05, 3.63) is 11.6 Å². The first-order valence-electron chi connectivity index (χ1n) is 9.26. The van der Waals surface area contributed by atoms with Crippen molar-refractivity contribution in [1.82, 2.24) is 0 Å². The number of aliphatic hydroxyl groups excluding tert-OH is 4. The molecule has 1 heterocycles. The third kappa shape index (κ3) is 4.68. The number of hydrogen-bond acceptors (Lipinski definition) is 9. The number of carbonyl (C=O) groups excluding carboxylic acids is 2. The molecule has 5 N–H and O–H groups in total. The maximum Gasteiger partial charge on any atom is 0.221 e. The highest BCUT2D eigenvalue weighted by Gasteiger charge is 2.49. The number of carbonyl (C=O) groups is 2. The molecule has 0 aromatic heterocycles. The lowest BCUT2D eigenvalue weighted by molar-refractivity contribution is -0.316. The quantitative estimate of drug-likeness (QED) is 0.283. The minimum absolute atomic E-state index is 0.0580. The van der Waals surface area contributed by atoms with Gasteiger partial charge < -0.3 is 35.0 Å². The Labute approximate surface area is 163 Å². The number of ketones is 2. The second-order valence-corrected chi connectivity index (χ2v) is 8.50. The van der Waals surface area contributed by atoms with E-state index in [4.69, 9.17) is 9.47 Å². The Morgan fingerprint density at radius 1 is 1.14 bits per heavy atom. The van der Waals surface area contributed by atoms with E-state index in [1.54, 1.807) is 13.8 Å². The van der Waals surface area contributed by atoms with Gasteiger partial charge in [-0.05, 0) is 30.4 Å². The topological polar surface area (TPSA) is 154 Å². The summed E-state index contributed by atoms with van der Waals surface area (Å²) in [5.74, 6) is -1.32. The van der Waals surface area contributed by atoms with Gasteiger partial charge in [0.2, 0.25) is 5.78 Å². The predicted octanol–water partition coefficient (Wildman–Crippen LogP) is -1.17. The van der Waals surface area contributed by atoms with Crippen molar-refractivity contribution >= 4 is 11.6 Å². The molecule has 0 aromatic carbocycles. The lowest BCUT2D eigenvalue weighted by Crippen LogP contribution is -2.60. The predicted molar refractivity (Wildman–Crippen MR) is 96.1 cm³/mol. The highest BCUT2D eigenvalue weighted by Crippen LogP contribution is 2.47. The second kappa shape index (κ2) is 8.27. The molecule has 7 atom stereocenters. The highest BCUT2D eigenvalue weighted by molar-refractivity contribution is 6.40. The molecule has 160 valence electrons. The Morgan fingerprint density at radius 3 is 2.25 bits per heavy atom. The number of Topliss-reactive ketones (excluding diaryl/α,β-unsaturated/α-hetero) is 1. The molecule has 1 aliphatic heterocycles. The molecule has 2 rings (SSSR count). The van der Waals surface area contributed by atoms with Gasteiger partial charge in [0.1, 0.15) is 24.4 Å². The van der Waals surface area contributed by atoms with Crippen LogP contribution in [0.4, 0.5) is 0 Å². The van der Waals surface area contributed by atoms with Gasteiger partial charge in [-0.2, -0.15) is 0 Å². The molecule has 0 spiro atoms. The molecule has 28 heavy (non-hydrogen) atoms. The Morgan fingerprint density at radius 2 is 1.75 bits per heavy atom. The molecule has 9 heteroatoms. The lowest BCUT2D eigenvalue weighted by Gasteiger charge is -2.48. The van der Waals surface area contributed by atoms with Crippen LogP contribution in [0, 0.1) is 5.41 Å². The molecule has 2 aliphatic rings. The van der Waals surface area contributed by atoms with E-state index in [1.165, 1.54) is 13.0 Å². The Balaban J connectivity index is 2.20. The van der Waals surface area contributed by atoms with Crippen molar-refractivity contribution in [1.29, 1.82) is 0 Å². The van der Waals surface area contributed by atoms with E-state index in [0.717, 1.165) is 6.92 Å². The summed E-state index contributed by atoms with van der Waals surface area (Å²) < 4.78 is 11.1. The fourth-order valence-corrected chi connectivity index (χ4v) is 4.08. The normalized spacial score (nSPS) is 42.4. The van der Waals surface area contributed by atoms with Crippen molar-refractivity contribution in [3.8, 4) is 0 Å². The van der Waals surface area contributed by atoms with Crippen LogP contribution in [0.5, 0.6) is 0 Å². The average Bonchev–Trinajstić information content (AvgIpc) is 2.57. The molecule has 0 bridgehead atoms. The minimum Gasteiger partial charge on any atom is -0.394 e. The maximum absolute atomic E-state index is 11.9. The fraction of sp³-hybridized carbons (Fsp3) is 0.789. The van der Waals surface area contributed by atoms with Crippen LogP contribution < -0.4 is 0 Å². The third-order valence-corrected chi connectivity index (χ3v) is 5.47. The molecule has 0 radical (unpaired) electrons. The van der Waals surface area contributed by atoms with Crippen molar-refractivity contribution in [3.63, 3.8) is 0 Å². The summed E-state index contributed by atoms with van der Waals surface area (Å²) in [6, 6.07) is 0. The van der Waals surface area contributed by atoms with E-state index in [1.807, 2.05) is 0 Å². The highest BCUT2D eigenvalue weighted by atomic mass is 16.7. The van der Waals surface area contributed by atoms with Crippen LogP contribution in [0.1, 0.15) is 40.5 Å². The van der Waals surface area contributed by atoms with Crippen LogP contribution in [-0.2, 0) is 19.1 Å². The van der Waals surface area contributed by atoms with Crippen LogP contribution in [0.3, 0.4) is 0 Å². The van der Waals surface area contributed by atoms with Gasteiger partial charge in [0, 0.05) is 13.3 Å². The standard InChI is InChI=1S/C19H30O9/c1-9(21)11(22)5-13-18(2,3)6-10(7-19(13,4)26)27-17-16(25)15(24)14(23)12(8-20)28-17/h5,10,12,14-17,20,23-26H,6-8H2,1-4H3/t10-,12+,14+,15-,16+,17+,19-/m0/s1. The molecular formula is C19H30O9. The Hall–Kier alpha value is -1.20. The zero-order valence-corrected chi connectivity index (χ0v) is 16.5. The number of hydrogen-bond donors (Lipinski definition) is 5. The van der Waals surface area contributed by atoms with Crippen LogP contribution in [0.25, 0.3) is 0 Å². The third-order valence-electron chi connectivity index (χ3n) is 5.47. The Bertz CT molecular complexity index is 617. The molecule has 0 unspecified atom stereocenters. The van der Waals surface area contributed by atoms with Gasteiger partial charge in [-0.15, -0.1) is 0 Å². The van der Waals surface area contributed by atoms with E-state index in [2.05, 4.69) is 0 Å². The summed E-state index contributed by atoms with van der Waals surface area (Å²) in [6.07, 6.45) is -6.03. The average molecular weight is 402 g/mol. The van der Waals surface area contributed by atoms with Gasteiger partial charge in [0.15, 0.2) is 12.1 Å². The molecule has 0 aromatic rings. The van der Waals surface area contributed by atoms with Gasteiger partial charge >= 0.3 is 0 Å². The smallest absolute Gasteiger partial charge is 0.221 e. The molecule has 0 amide bonds. The van der Waals surface area contributed by atoms with Crippen molar-refractivity contribution < 1.29 is 44.6 Å². The summed E-state index contributed by atoms with van der Waals surface area (Å²) in [6.45, 7) is 5.69. The molecule has 1 aliphatic carbocycles. The number of rotatable bonds is 5. The SMILES string of the molecule is CC(=O)C(=O)C=C1C(C)(C)C[C@H](O[C@@H]2O[C@H](CO)[C@@H](O)[C@H](O)[C@H]2O)C[C@]1(C)O. The van der Waals surface area contributed by atoms with Crippen molar-refractivity contribution in [2.45, 2.75) is 82.9 Å². The van der Waals surface area contributed by atoms with E-state index in [0.29, 0.717) is 12.0 Å². The van der Waals surface area contributed by atoms with E-state index < -0.39 is 66.0 Å². The van der Waals surface area contributed by atoms with Gasteiger partial charge in [0.25, 0.3) is 0 Å². The zero-order chi connectivity index (χ0) is 21.4. The second-order valence-electron chi connectivity index (χ2n) is 8.50. The van der Waals surface area contributed by atoms with Crippen LogP contribution in [0.2, 0.25) is 0 Å². The maximum atomic E-state index is 11.9. The molecule has 1 saturated carbocycles. The van der Waals surface area contributed by atoms with E-state index >= 15 is 0 Å². The van der Waals surface area contributed by atoms with E-state index in [-0.39, 0.29) is 6.42 Å². The van der Waals surface area contributed by atoms with Gasteiger partial charge in [-0.1, -0.05) is 13.8 Å². The van der Waals surface area contributed by atoms with E-state index in [9.17, 15) is 35.1 Å². The Kier molecular flexibility index (Phi) is 6.82. The largest absolute Gasteiger partial charge is 0.394 e. The fourth-order valence-electron chi connectivity index (χ4n) is 4.08. The monoisotopic (exact) mass is 402 g/mol. The summed E-state index contributed by atoms with van der Waals surface area (Å²) in [7, 11) is 0. The lowest BCUT2D eigenvalue weighted by atomic mass is 9.64. The summed E-state index contributed by atoms with van der Waals surface area (Å²) in [5, 5.41) is 50.1. The molecule has 1 saturated heterocycles. The molecular weight excluding hydrogens is 372 g/mol.